The Morgan fingerprint density at radius 2 is 1.70 bits per heavy atom. The molecule has 27 heavy (non-hydrogen) atoms. The highest BCUT2D eigenvalue weighted by atomic mass is 16.2. The monoisotopic (exact) mass is 362 g/mol. The molecular formula is C20H18N4O3. The Hall–Kier alpha value is -3.70. The fraction of sp³-hybridized carbons (Fsp3) is 0.150. The van der Waals surface area contributed by atoms with Crippen LogP contribution < -0.4 is 5.32 Å². The second-order valence-electron chi connectivity index (χ2n) is 5.83. The standard InChI is InChI=1S/C19H18N4O.CO2/c1-12-4-5-13(2)16(8-12)17-10-22-18(11-21-17)23-19(24)15-6-7-20-9-14(15)3;2-1-3/h4-11H,1-3H3,(H,22,23,24);. The number of amides is 1. The molecule has 0 aliphatic heterocycles. The van der Waals surface area contributed by atoms with Crippen LogP contribution in [0.5, 0.6) is 0 Å². The predicted octanol–water partition coefficient (Wildman–Crippen LogP) is 3.13. The lowest BCUT2D eigenvalue weighted by molar-refractivity contribution is -0.191. The van der Waals surface area contributed by atoms with Crippen molar-refractivity contribution in [3.8, 4) is 11.3 Å². The van der Waals surface area contributed by atoms with E-state index in [1.807, 2.05) is 20.8 Å². The summed E-state index contributed by atoms with van der Waals surface area (Å²) in [4.78, 5) is 41.3. The van der Waals surface area contributed by atoms with E-state index in [1.54, 1.807) is 30.9 Å². The first-order chi connectivity index (χ1) is 13.0. The van der Waals surface area contributed by atoms with Crippen molar-refractivity contribution in [1.82, 2.24) is 15.0 Å². The second-order valence-corrected chi connectivity index (χ2v) is 5.83. The zero-order valence-electron chi connectivity index (χ0n) is 15.2. The maximum atomic E-state index is 12.3. The van der Waals surface area contributed by atoms with Crippen molar-refractivity contribution in [3.05, 3.63) is 71.3 Å². The maximum Gasteiger partial charge on any atom is 0.373 e. The van der Waals surface area contributed by atoms with E-state index in [0.29, 0.717) is 11.4 Å². The average molecular weight is 362 g/mol. The van der Waals surface area contributed by atoms with Crippen LogP contribution >= 0.6 is 0 Å². The number of hydrogen-bond donors (Lipinski definition) is 1. The minimum absolute atomic E-state index is 0.219. The number of hydrogen-bond acceptors (Lipinski definition) is 6. The molecule has 7 heteroatoms. The topological polar surface area (TPSA) is 102 Å². The van der Waals surface area contributed by atoms with Gasteiger partial charge in [-0.2, -0.15) is 9.59 Å². The van der Waals surface area contributed by atoms with Gasteiger partial charge in [0.25, 0.3) is 5.91 Å². The molecule has 2 aromatic heterocycles. The Bertz CT molecular complexity index is 979. The van der Waals surface area contributed by atoms with Crippen molar-refractivity contribution < 1.29 is 14.4 Å². The van der Waals surface area contributed by atoms with Gasteiger partial charge in [0.1, 0.15) is 0 Å². The molecule has 0 fully saturated rings. The molecule has 0 radical (unpaired) electrons. The van der Waals surface area contributed by atoms with E-state index in [9.17, 15) is 4.79 Å². The van der Waals surface area contributed by atoms with Gasteiger partial charge in [0, 0.05) is 23.5 Å². The van der Waals surface area contributed by atoms with Crippen LogP contribution in [0.25, 0.3) is 11.3 Å². The van der Waals surface area contributed by atoms with Gasteiger partial charge in [-0.3, -0.25) is 14.8 Å². The van der Waals surface area contributed by atoms with Crippen LogP contribution in [0.2, 0.25) is 0 Å². The predicted molar refractivity (Wildman–Crippen MR) is 98.9 cm³/mol. The molecule has 0 aliphatic carbocycles. The van der Waals surface area contributed by atoms with E-state index in [0.717, 1.165) is 22.4 Å². The third-order valence-electron chi connectivity index (χ3n) is 3.83. The van der Waals surface area contributed by atoms with Crippen molar-refractivity contribution >= 4 is 17.9 Å². The molecule has 0 spiro atoms. The number of nitrogens with zero attached hydrogens (tertiary/aromatic N) is 3. The molecule has 0 bridgehead atoms. The molecule has 3 rings (SSSR count). The number of aryl methyl sites for hydroxylation is 3. The molecule has 0 aliphatic rings. The quantitative estimate of drug-likeness (QED) is 0.768. The van der Waals surface area contributed by atoms with Gasteiger partial charge in [-0.15, -0.1) is 0 Å². The highest BCUT2D eigenvalue weighted by Crippen LogP contribution is 2.22. The van der Waals surface area contributed by atoms with E-state index >= 15 is 0 Å². The highest BCUT2D eigenvalue weighted by Gasteiger charge is 2.10. The summed E-state index contributed by atoms with van der Waals surface area (Å²) in [6.45, 7) is 5.93. The molecule has 2 heterocycles. The van der Waals surface area contributed by atoms with Crippen LogP contribution in [-0.2, 0) is 9.59 Å². The van der Waals surface area contributed by atoms with Gasteiger partial charge in [-0.1, -0.05) is 17.7 Å². The van der Waals surface area contributed by atoms with Gasteiger partial charge in [-0.05, 0) is 44.0 Å². The number of rotatable bonds is 3. The first kappa shape index (κ1) is 19.6. The summed E-state index contributed by atoms with van der Waals surface area (Å²) in [5, 5.41) is 2.76. The third-order valence-corrected chi connectivity index (χ3v) is 3.83. The SMILES string of the molecule is Cc1ccc(C)c(-c2cnc(NC(=O)c3ccncc3C)cn2)c1.O=C=O. The molecule has 1 amide bonds. The largest absolute Gasteiger partial charge is 0.373 e. The average Bonchev–Trinajstić information content (AvgIpc) is 2.65. The number of carbonyl (C=O) groups is 1. The molecule has 0 atom stereocenters. The molecule has 0 saturated heterocycles. The summed E-state index contributed by atoms with van der Waals surface area (Å²) in [6, 6.07) is 7.90. The van der Waals surface area contributed by atoms with Crippen LogP contribution in [-0.4, -0.2) is 27.0 Å². The molecule has 136 valence electrons. The lowest BCUT2D eigenvalue weighted by Gasteiger charge is -2.08. The molecule has 7 nitrogen and oxygen atoms in total. The van der Waals surface area contributed by atoms with Gasteiger partial charge in [0.05, 0.1) is 18.1 Å². The van der Waals surface area contributed by atoms with Crippen LogP contribution in [0.15, 0.2) is 49.1 Å². The fourth-order valence-electron chi connectivity index (χ4n) is 2.46. The Balaban J connectivity index is 0.000000817. The van der Waals surface area contributed by atoms with Crippen molar-refractivity contribution in [2.24, 2.45) is 0 Å². The van der Waals surface area contributed by atoms with Gasteiger partial charge in [0.2, 0.25) is 0 Å². The molecular weight excluding hydrogens is 344 g/mol. The number of anilines is 1. The Labute approximate surface area is 156 Å². The summed E-state index contributed by atoms with van der Waals surface area (Å²) in [5.41, 5.74) is 5.53. The van der Waals surface area contributed by atoms with Gasteiger partial charge in [0.15, 0.2) is 5.82 Å². The van der Waals surface area contributed by atoms with E-state index < -0.39 is 0 Å². The lowest BCUT2D eigenvalue weighted by atomic mass is 10.0. The van der Waals surface area contributed by atoms with Crippen molar-refractivity contribution in [2.45, 2.75) is 20.8 Å². The smallest absolute Gasteiger partial charge is 0.305 e. The molecule has 3 aromatic rings. The summed E-state index contributed by atoms with van der Waals surface area (Å²) >= 11 is 0. The Morgan fingerprint density at radius 3 is 2.33 bits per heavy atom. The minimum atomic E-state index is -0.219. The van der Waals surface area contributed by atoms with E-state index in [1.165, 1.54) is 5.56 Å². The maximum absolute atomic E-state index is 12.3. The molecule has 1 aromatic carbocycles. The molecule has 0 saturated carbocycles. The van der Waals surface area contributed by atoms with Gasteiger partial charge < -0.3 is 5.32 Å². The first-order valence-corrected chi connectivity index (χ1v) is 8.07. The zero-order valence-corrected chi connectivity index (χ0v) is 15.2. The van der Waals surface area contributed by atoms with Crippen LogP contribution in [0.3, 0.4) is 0 Å². The first-order valence-electron chi connectivity index (χ1n) is 8.07. The third kappa shape index (κ3) is 5.14. The number of pyridine rings is 1. The summed E-state index contributed by atoms with van der Waals surface area (Å²) in [6.07, 6.45) is 6.75. The number of nitrogens with one attached hydrogen (secondary N) is 1. The van der Waals surface area contributed by atoms with Crippen molar-refractivity contribution in [3.63, 3.8) is 0 Å². The zero-order chi connectivity index (χ0) is 19.8. The fourth-order valence-corrected chi connectivity index (χ4v) is 2.46. The summed E-state index contributed by atoms with van der Waals surface area (Å²) in [7, 11) is 0. The Morgan fingerprint density at radius 1 is 0.963 bits per heavy atom. The lowest BCUT2D eigenvalue weighted by Crippen LogP contribution is -2.14. The van der Waals surface area contributed by atoms with Gasteiger partial charge >= 0.3 is 6.15 Å². The van der Waals surface area contributed by atoms with E-state index in [4.69, 9.17) is 9.59 Å². The number of aromatic nitrogens is 3. The molecule has 0 unspecified atom stereocenters. The van der Waals surface area contributed by atoms with Crippen LogP contribution in [0.1, 0.15) is 27.0 Å². The Kier molecular flexibility index (Phi) is 6.63. The van der Waals surface area contributed by atoms with Crippen molar-refractivity contribution in [2.75, 3.05) is 5.32 Å². The number of carbonyl (C=O) groups excluding carboxylic acids is 3. The van der Waals surface area contributed by atoms with Crippen LogP contribution in [0, 0.1) is 20.8 Å². The second kappa shape index (κ2) is 9.12. The molecule has 1 N–H and O–H groups in total. The van der Waals surface area contributed by atoms with Gasteiger partial charge in [-0.25, -0.2) is 4.98 Å². The highest BCUT2D eigenvalue weighted by molar-refractivity contribution is 6.04. The van der Waals surface area contributed by atoms with Crippen LogP contribution in [0.4, 0.5) is 5.82 Å². The number of benzene rings is 1. The summed E-state index contributed by atoms with van der Waals surface area (Å²) < 4.78 is 0. The van der Waals surface area contributed by atoms with Crippen molar-refractivity contribution in [1.29, 1.82) is 0 Å². The summed E-state index contributed by atoms with van der Waals surface area (Å²) in [5.74, 6) is 0.203. The van der Waals surface area contributed by atoms with E-state index in [2.05, 4.69) is 38.5 Å². The minimum Gasteiger partial charge on any atom is -0.305 e. The van der Waals surface area contributed by atoms with E-state index in [-0.39, 0.29) is 12.1 Å². The normalized spacial score (nSPS) is 9.59.